The van der Waals surface area contributed by atoms with Crippen LogP contribution in [0.1, 0.15) is 16.7 Å². The van der Waals surface area contributed by atoms with Crippen LogP contribution in [-0.4, -0.2) is 16.5 Å². The Bertz CT molecular complexity index is 860. The molecule has 0 spiro atoms. The van der Waals surface area contributed by atoms with Gasteiger partial charge in [0.1, 0.15) is 18.0 Å². The Morgan fingerprint density at radius 2 is 1.96 bits per heavy atom. The second-order valence-electron chi connectivity index (χ2n) is 6.13. The largest absolute Gasteiger partial charge is 0.366 e. The van der Waals surface area contributed by atoms with Crippen LogP contribution in [0.5, 0.6) is 0 Å². The third-order valence-corrected chi connectivity index (χ3v) is 4.37. The van der Waals surface area contributed by atoms with Gasteiger partial charge in [0, 0.05) is 24.8 Å². The zero-order chi connectivity index (χ0) is 16.4. The molecule has 1 aromatic heterocycles. The summed E-state index contributed by atoms with van der Waals surface area (Å²) < 4.78 is 0. The predicted octanol–water partition coefficient (Wildman–Crippen LogP) is 4.09. The number of para-hydroxylation sites is 1. The van der Waals surface area contributed by atoms with Crippen molar-refractivity contribution in [2.24, 2.45) is 0 Å². The van der Waals surface area contributed by atoms with Crippen molar-refractivity contribution in [1.82, 2.24) is 9.97 Å². The molecule has 0 fully saturated rings. The minimum absolute atomic E-state index is 0.759. The van der Waals surface area contributed by atoms with Crippen LogP contribution in [0.15, 0.2) is 60.9 Å². The van der Waals surface area contributed by atoms with E-state index in [4.69, 9.17) is 0 Å². The summed E-state index contributed by atoms with van der Waals surface area (Å²) in [6.45, 7) is 3.83. The average Bonchev–Trinajstić information content (AvgIpc) is 3.04. The van der Waals surface area contributed by atoms with Crippen LogP contribution in [0.4, 0.5) is 17.3 Å². The predicted molar refractivity (Wildman–Crippen MR) is 97.7 cm³/mol. The maximum Gasteiger partial charge on any atom is 0.138 e. The highest BCUT2D eigenvalue weighted by atomic mass is 15.2. The van der Waals surface area contributed by atoms with Crippen molar-refractivity contribution in [3.63, 3.8) is 0 Å². The van der Waals surface area contributed by atoms with Gasteiger partial charge in [-0.2, -0.15) is 0 Å². The number of benzene rings is 2. The fourth-order valence-electron chi connectivity index (χ4n) is 3.18. The van der Waals surface area contributed by atoms with Gasteiger partial charge in [-0.05, 0) is 30.5 Å². The van der Waals surface area contributed by atoms with Gasteiger partial charge in [0.2, 0.25) is 0 Å². The van der Waals surface area contributed by atoms with Crippen molar-refractivity contribution >= 4 is 17.3 Å². The third kappa shape index (κ3) is 2.95. The van der Waals surface area contributed by atoms with Crippen LogP contribution >= 0.6 is 0 Å². The minimum atomic E-state index is 0.759. The molecule has 2 heterocycles. The van der Waals surface area contributed by atoms with Crippen molar-refractivity contribution in [2.75, 3.05) is 16.8 Å². The van der Waals surface area contributed by atoms with Gasteiger partial charge in [-0.15, -0.1) is 0 Å². The summed E-state index contributed by atoms with van der Waals surface area (Å²) in [5.74, 6) is 1.80. The molecular formula is C20H20N4. The van der Waals surface area contributed by atoms with Gasteiger partial charge in [0.15, 0.2) is 0 Å². The molecule has 0 saturated heterocycles. The third-order valence-electron chi connectivity index (χ3n) is 4.37. The lowest BCUT2D eigenvalue weighted by Crippen LogP contribution is -2.15. The van der Waals surface area contributed by atoms with Crippen molar-refractivity contribution in [1.29, 1.82) is 0 Å². The van der Waals surface area contributed by atoms with E-state index in [0.717, 1.165) is 31.1 Å². The van der Waals surface area contributed by atoms with Crippen molar-refractivity contribution in [3.8, 4) is 0 Å². The van der Waals surface area contributed by atoms with Crippen LogP contribution in [0.2, 0.25) is 0 Å². The molecule has 120 valence electrons. The standard InChI is InChI=1S/C20H20N4/c1-15-5-4-6-16(11-15)13-21-19-12-20(23-14-22-19)24-10-9-17-7-2-3-8-18(17)24/h2-8,11-12,14H,9-10,13H2,1H3,(H,21,22,23). The highest BCUT2D eigenvalue weighted by Crippen LogP contribution is 2.33. The second-order valence-corrected chi connectivity index (χ2v) is 6.13. The molecule has 0 radical (unpaired) electrons. The number of aromatic nitrogens is 2. The summed E-state index contributed by atoms with van der Waals surface area (Å²) in [5, 5.41) is 3.40. The number of aryl methyl sites for hydroxylation is 1. The van der Waals surface area contributed by atoms with Gasteiger partial charge in [0.25, 0.3) is 0 Å². The van der Waals surface area contributed by atoms with E-state index in [9.17, 15) is 0 Å². The molecular weight excluding hydrogens is 296 g/mol. The topological polar surface area (TPSA) is 41.0 Å². The molecule has 0 unspecified atom stereocenters. The molecule has 1 N–H and O–H groups in total. The van der Waals surface area contributed by atoms with E-state index in [0.29, 0.717) is 0 Å². The van der Waals surface area contributed by atoms with Gasteiger partial charge >= 0.3 is 0 Å². The summed E-state index contributed by atoms with van der Waals surface area (Å²) in [5.41, 5.74) is 5.15. The van der Waals surface area contributed by atoms with Gasteiger partial charge < -0.3 is 10.2 Å². The SMILES string of the molecule is Cc1cccc(CNc2cc(N3CCc4ccccc43)ncn2)c1. The number of anilines is 3. The Balaban J connectivity index is 1.52. The Morgan fingerprint density at radius 1 is 1.04 bits per heavy atom. The molecule has 0 amide bonds. The van der Waals surface area contributed by atoms with Crippen molar-refractivity contribution in [3.05, 3.63) is 77.6 Å². The van der Waals surface area contributed by atoms with E-state index in [-0.39, 0.29) is 0 Å². The number of rotatable bonds is 4. The summed E-state index contributed by atoms with van der Waals surface area (Å²) in [7, 11) is 0. The van der Waals surface area contributed by atoms with E-state index >= 15 is 0 Å². The number of hydrogen-bond acceptors (Lipinski definition) is 4. The first-order chi connectivity index (χ1) is 11.8. The number of fused-ring (bicyclic) bond motifs is 1. The number of nitrogens with one attached hydrogen (secondary N) is 1. The highest BCUT2D eigenvalue weighted by Gasteiger charge is 2.20. The fourth-order valence-corrected chi connectivity index (χ4v) is 3.18. The molecule has 0 atom stereocenters. The smallest absolute Gasteiger partial charge is 0.138 e. The number of nitrogens with zero attached hydrogens (tertiary/aromatic N) is 3. The van der Waals surface area contributed by atoms with Gasteiger partial charge in [-0.3, -0.25) is 0 Å². The Labute approximate surface area is 142 Å². The van der Waals surface area contributed by atoms with Gasteiger partial charge in [0.05, 0.1) is 0 Å². The molecule has 4 nitrogen and oxygen atoms in total. The first-order valence-electron chi connectivity index (χ1n) is 8.26. The molecule has 0 aliphatic carbocycles. The van der Waals surface area contributed by atoms with Gasteiger partial charge in [-0.25, -0.2) is 9.97 Å². The summed E-state index contributed by atoms with van der Waals surface area (Å²) in [6, 6.07) is 19.0. The lowest BCUT2D eigenvalue weighted by molar-refractivity contribution is 0.961. The normalized spacial score (nSPS) is 13.0. The fraction of sp³-hybridized carbons (Fsp3) is 0.200. The van der Waals surface area contributed by atoms with Crippen molar-refractivity contribution < 1.29 is 0 Å². The first kappa shape index (κ1) is 14.7. The summed E-state index contributed by atoms with van der Waals surface area (Å²) in [4.78, 5) is 11.1. The second kappa shape index (κ2) is 6.32. The summed E-state index contributed by atoms with van der Waals surface area (Å²) >= 11 is 0. The summed E-state index contributed by atoms with van der Waals surface area (Å²) in [6.07, 6.45) is 2.70. The molecule has 1 aliphatic rings. The number of hydrogen-bond donors (Lipinski definition) is 1. The molecule has 1 aliphatic heterocycles. The zero-order valence-corrected chi connectivity index (χ0v) is 13.7. The van der Waals surface area contributed by atoms with Crippen LogP contribution in [0, 0.1) is 6.92 Å². The maximum atomic E-state index is 4.46. The van der Waals surface area contributed by atoms with E-state index < -0.39 is 0 Å². The quantitative estimate of drug-likeness (QED) is 0.787. The van der Waals surface area contributed by atoms with Crippen LogP contribution < -0.4 is 10.2 Å². The van der Waals surface area contributed by atoms with Crippen molar-refractivity contribution in [2.45, 2.75) is 19.9 Å². The van der Waals surface area contributed by atoms with Gasteiger partial charge in [-0.1, -0.05) is 48.0 Å². The lowest BCUT2D eigenvalue weighted by atomic mass is 10.1. The molecule has 24 heavy (non-hydrogen) atoms. The van der Waals surface area contributed by atoms with Crippen LogP contribution in [0.3, 0.4) is 0 Å². The zero-order valence-electron chi connectivity index (χ0n) is 13.7. The van der Waals surface area contributed by atoms with E-state index in [2.05, 4.69) is 75.6 Å². The van der Waals surface area contributed by atoms with E-state index in [1.807, 2.05) is 6.07 Å². The van der Waals surface area contributed by atoms with Crippen LogP contribution in [-0.2, 0) is 13.0 Å². The molecule has 4 heteroatoms. The highest BCUT2D eigenvalue weighted by molar-refractivity contribution is 5.68. The Kier molecular flexibility index (Phi) is 3.87. The van der Waals surface area contributed by atoms with E-state index in [1.165, 1.54) is 22.4 Å². The minimum Gasteiger partial charge on any atom is -0.366 e. The lowest BCUT2D eigenvalue weighted by Gasteiger charge is -2.18. The maximum absolute atomic E-state index is 4.46. The molecule has 4 rings (SSSR count). The molecule has 2 aromatic carbocycles. The van der Waals surface area contributed by atoms with E-state index in [1.54, 1.807) is 6.33 Å². The Morgan fingerprint density at radius 3 is 2.88 bits per heavy atom. The Hall–Kier alpha value is -2.88. The molecule has 3 aromatic rings. The first-order valence-corrected chi connectivity index (χ1v) is 8.26. The van der Waals surface area contributed by atoms with Crippen LogP contribution in [0.25, 0.3) is 0 Å². The molecule has 0 bridgehead atoms. The molecule has 0 saturated carbocycles. The average molecular weight is 316 g/mol. The monoisotopic (exact) mass is 316 g/mol.